The number of aromatic nitrogens is 3. The zero-order valence-electron chi connectivity index (χ0n) is 9.51. The fraction of sp³-hybridized carbons (Fsp3) is 0.250. The molecule has 1 N–H and O–H groups in total. The Kier molecular flexibility index (Phi) is 3.49. The van der Waals surface area contributed by atoms with E-state index in [1.165, 1.54) is 0 Å². The molecule has 0 saturated heterocycles. The van der Waals surface area contributed by atoms with Crippen molar-refractivity contribution in [1.29, 1.82) is 0 Å². The highest BCUT2D eigenvalue weighted by Crippen LogP contribution is 2.09. The molecule has 17 heavy (non-hydrogen) atoms. The second-order valence-corrected chi connectivity index (χ2v) is 3.45. The second-order valence-electron chi connectivity index (χ2n) is 3.45. The van der Waals surface area contributed by atoms with Crippen molar-refractivity contribution in [3.05, 3.63) is 30.2 Å². The molecule has 5 heteroatoms. The van der Waals surface area contributed by atoms with E-state index in [4.69, 9.17) is 4.74 Å². The molecular formula is C12H13N3O2. The summed E-state index contributed by atoms with van der Waals surface area (Å²) in [5.74, 6) is -0.223. The van der Waals surface area contributed by atoms with Gasteiger partial charge in [-0.3, -0.25) is 4.79 Å². The Balaban J connectivity index is 2.02. The summed E-state index contributed by atoms with van der Waals surface area (Å²) in [6, 6.07) is 1.93. The first-order valence-electron chi connectivity index (χ1n) is 5.41. The maximum atomic E-state index is 11.1. The standard InChI is InChI=1S/C12H13N3O2/c1-2-17-11(16)5-3-4-9-6-10-12(13-7-9)15-8-14-10/h3-4,6-8H,2,5H2,1H3,(H,13,14,15). The summed E-state index contributed by atoms with van der Waals surface area (Å²) < 4.78 is 4.82. The molecule has 0 aliphatic carbocycles. The summed E-state index contributed by atoms with van der Waals surface area (Å²) in [5.41, 5.74) is 2.49. The molecule has 2 heterocycles. The second kappa shape index (κ2) is 5.25. The van der Waals surface area contributed by atoms with Crippen molar-refractivity contribution in [3.63, 3.8) is 0 Å². The van der Waals surface area contributed by atoms with Gasteiger partial charge in [-0.2, -0.15) is 0 Å². The molecule has 0 aliphatic rings. The van der Waals surface area contributed by atoms with Gasteiger partial charge in [0.05, 0.1) is 24.9 Å². The Bertz CT molecular complexity index is 545. The van der Waals surface area contributed by atoms with Crippen molar-refractivity contribution in [2.24, 2.45) is 0 Å². The van der Waals surface area contributed by atoms with Crippen LogP contribution < -0.4 is 0 Å². The molecule has 0 spiro atoms. The maximum absolute atomic E-state index is 11.1. The van der Waals surface area contributed by atoms with Crippen molar-refractivity contribution >= 4 is 23.2 Å². The van der Waals surface area contributed by atoms with Crippen LogP contribution in [0, 0.1) is 0 Å². The van der Waals surface area contributed by atoms with Crippen molar-refractivity contribution in [1.82, 2.24) is 15.0 Å². The Labute approximate surface area is 98.5 Å². The third kappa shape index (κ3) is 2.90. The molecule has 0 atom stereocenters. The van der Waals surface area contributed by atoms with Crippen LogP contribution in [0.15, 0.2) is 24.7 Å². The lowest BCUT2D eigenvalue weighted by molar-refractivity contribution is -0.142. The van der Waals surface area contributed by atoms with E-state index in [-0.39, 0.29) is 12.4 Å². The van der Waals surface area contributed by atoms with Crippen LogP contribution in [0.4, 0.5) is 0 Å². The fourth-order valence-electron chi connectivity index (χ4n) is 1.45. The summed E-state index contributed by atoms with van der Waals surface area (Å²) in [5, 5.41) is 0. The number of nitrogens with zero attached hydrogens (tertiary/aromatic N) is 2. The third-order valence-electron chi connectivity index (χ3n) is 2.19. The zero-order valence-corrected chi connectivity index (χ0v) is 9.51. The monoisotopic (exact) mass is 231 g/mol. The van der Waals surface area contributed by atoms with Gasteiger partial charge in [-0.15, -0.1) is 0 Å². The molecule has 88 valence electrons. The van der Waals surface area contributed by atoms with Gasteiger partial charge in [0.1, 0.15) is 0 Å². The number of fused-ring (bicyclic) bond motifs is 1. The normalized spacial score (nSPS) is 11.1. The summed E-state index contributed by atoms with van der Waals surface area (Å²) >= 11 is 0. The highest BCUT2D eigenvalue weighted by atomic mass is 16.5. The Morgan fingerprint density at radius 2 is 2.41 bits per heavy atom. The Morgan fingerprint density at radius 1 is 1.53 bits per heavy atom. The quantitative estimate of drug-likeness (QED) is 0.816. The number of carbonyl (C=O) groups excluding carboxylic acids is 1. The molecule has 0 amide bonds. The Morgan fingerprint density at radius 3 is 3.24 bits per heavy atom. The zero-order chi connectivity index (χ0) is 12.1. The number of pyridine rings is 1. The van der Waals surface area contributed by atoms with E-state index < -0.39 is 0 Å². The maximum Gasteiger partial charge on any atom is 0.309 e. The van der Waals surface area contributed by atoms with Crippen LogP contribution >= 0.6 is 0 Å². The van der Waals surface area contributed by atoms with Crippen LogP contribution in [0.5, 0.6) is 0 Å². The van der Waals surface area contributed by atoms with E-state index in [0.29, 0.717) is 12.3 Å². The number of hydrogen-bond donors (Lipinski definition) is 1. The largest absolute Gasteiger partial charge is 0.466 e. The van der Waals surface area contributed by atoms with Crippen LogP contribution in [-0.2, 0) is 9.53 Å². The summed E-state index contributed by atoms with van der Waals surface area (Å²) in [6.45, 7) is 2.20. The first kappa shape index (κ1) is 11.3. The van der Waals surface area contributed by atoms with Crippen molar-refractivity contribution in [2.45, 2.75) is 13.3 Å². The van der Waals surface area contributed by atoms with Crippen molar-refractivity contribution < 1.29 is 9.53 Å². The van der Waals surface area contributed by atoms with Gasteiger partial charge in [-0.05, 0) is 18.6 Å². The molecule has 0 fully saturated rings. The van der Waals surface area contributed by atoms with E-state index in [9.17, 15) is 4.79 Å². The average Bonchev–Trinajstić information content (AvgIpc) is 2.76. The number of H-pyrrole nitrogens is 1. The summed E-state index contributed by atoms with van der Waals surface area (Å²) in [4.78, 5) is 22.3. The molecule has 2 aromatic rings. The number of aromatic amines is 1. The van der Waals surface area contributed by atoms with Crippen LogP contribution in [0.1, 0.15) is 18.9 Å². The topological polar surface area (TPSA) is 67.9 Å². The first-order valence-corrected chi connectivity index (χ1v) is 5.41. The van der Waals surface area contributed by atoms with Crippen molar-refractivity contribution in [3.8, 4) is 0 Å². The molecule has 0 aromatic carbocycles. The smallest absolute Gasteiger partial charge is 0.309 e. The molecule has 2 aromatic heterocycles. The van der Waals surface area contributed by atoms with E-state index in [2.05, 4.69) is 15.0 Å². The number of rotatable bonds is 4. The minimum absolute atomic E-state index is 0.223. The lowest BCUT2D eigenvalue weighted by Crippen LogP contribution is -2.01. The molecule has 0 radical (unpaired) electrons. The molecular weight excluding hydrogens is 218 g/mol. The highest BCUT2D eigenvalue weighted by molar-refractivity contribution is 5.75. The highest BCUT2D eigenvalue weighted by Gasteiger charge is 1.98. The number of carbonyl (C=O) groups is 1. The van der Waals surface area contributed by atoms with Gasteiger partial charge in [0.2, 0.25) is 0 Å². The Hall–Kier alpha value is -2.17. The van der Waals surface area contributed by atoms with Gasteiger partial charge in [0.25, 0.3) is 0 Å². The number of ether oxygens (including phenoxy) is 1. The molecule has 5 nitrogen and oxygen atoms in total. The van der Waals surface area contributed by atoms with Gasteiger partial charge in [-0.1, -0.05) is 12.2 Å². The van der Waals surface area contributed by atoms with E-state index >= 15 is 0 Å². The predicted octanol–water partition coefficient (Wildman–Crippen LogP) is 1.92. The third-order valence-corrected chi connectivity index (χ3v) is 2.19. The number of hydrogen-bond acceptors (Lipinski definition) is 4. The fourth-order valence-corrected chi connectivity index (χ4v) is 1.45. The average molecular weight is 231 g/mol. The van der Waals surface area contributed by atoms with Crippen LogP contribution in [0.25, 0.3) is 17.2 Å². The summed E-state index contributed by atoms with van der Waals surface area (Å²) in [7, 11) is 0. The van der Waals surface area contributed by atoms with Crippen molar-refractivity contribution in [2.75, 3.05) is 6.61 Å². The lowest BCUT2D eigenvalue weighted by atomic mass is 10.2. The van der Waals surface area contributed by atoms with Gasteiger partial charge < -0.3 is 9.72 Å². The molecule has 0 aliphatic heterocycles. The van der Waals surface area contributed by atoms with E-state index in [0.717, 1.165) is 11.1 Å². The molecule has 2 rings (SSSR count). The van der Waals surface area contributed by atoms with E-state index in [1.807, 2.05) is 12.1 Å². The van der Waals surface area contributed by atoms with Crippen LogP contribution in [-0.4, -0.2) is 27.5 Å². The summed E-state index contributed by atoms with van der Waals surface area (Å²) in [6.07, 6.45) is 7.19. The number of esters is 1. The van der Waals surface area contributed by atoms with Gasteiger partial charge >= 0.3 is 5.97 Å². The SMILES string of the molecule is CCOC(=O)CC=Cc1cnc2nc[nH]c2c1. The van der Waals surface area contributed by atoms with Gasteiger partial charge in [0, 0.05) is 6.20 Å². The van der Waals surface area contributed by atoms with Crippen LogP contribution in [0.3, 0.4) is 0 Å². The molecule has 0 saturated carbocycles. The predicted molar refractivity (Wildman–Crippen MR) is 64.2 cm³/mol. The minimum Gasteiger partial charge on any atom is -0.466 e. The van der Waals surface area contributed by atoms with Gasteiger partial charge in [0.15, 0.2) is 5.65 Å². The minimum atomic E-state index is -0.223. The van der Waals surface area contributed by atoms with E-state index in [1.54, 1.807) is 25.5 Å². The lowest BCUT2D eigenvalue weighted by Gasteiger charge is -1.97. The number of imidazole rings is 1. The first-order chi connectivity index (χ1) is 8.29. The number of nitrogens with one attached hydrogen (secondary N) is 1. The van der Waals surface area contributed by atoms with Crippen LogP contribution in [0.2, 0.25) is 0 Å². The van der Waals surface area contributed by atoms with Gasteiger partial charge in [-0.25, -0.2) is 9.97 Å². The molecule has 0 bridgehead atoms. The molecule has 0 unspecified atom stereocenters.